The van der Waals surface area contributed by atoms with E-state index in [4.69, 9.17) is 4.74 Å². The first-order chi connectivity index (χ1) is 12.6. The second-order valence-electron chi connectivity index (χ2n) is 7.98. The van der Waals surface area contributed by atoms with Crippen LogP contribution < -0.4 is 4.74 Å². The lowest BCUT2D eigenvalue weighted by molar-refractivity contribution is -0.137. The second-order valence-corrected chi connectivity index (χ2v) is 7.98. The van der Waals surface area contributed by atoms with Crippen molar-refractivity contribution in [2.24, 2.45) is 5.92 Å². The smallest absolute Gasteiger partial charge is 0.223 e. The Morgan fingerprint density at radius 3 is 2.38 bits per heavy atom. The van der Waals surface area contributed by atoms with Crippen molar-refractivity contribution in [2.45, 2.75) is 50.6 Å². The Morgan fingerprint density at radius 2 is 1.77 bits per heavy atom. The summed E-state index contributed by atoms with van der Waals surface area (Å²) >= 11 is 0. The summed E-state index contributed by atoms with van der Waals surface area (Å²) in [4.78, 5) is 28.9. The molecule has 1 amide bonds. The molecule has 4 fully saturated rings. The van der Waals surface area contributed by atoms with Gasteiger partial charge in [0.2, 0.25) is 5.91 Å². The minimum atomic E-state index is 0.0923. The molecule has 0 aromatic heterocycles. The van der Waals surface area contributed by atoms with E-state index in [0.29, 0.717) is 36.8 Å². The summed E-state index contributed by atoms with van der Waals surface area (Å²) in [5.74, 6) is 2.06. The van der Waals surface area contributed by atoms with Crippen LogP contribution in [-0.4, -0.2) is 60.3 Å². The van der Waals surface area contributed by atoms with Crippen molar-refractivity contribution in [1.29, 1.82) is 0 Å². The van der Waals surface area contributed by atoms with Crippen molar-refractivity contribution in [2.75, 3.05) is 26.7 Å². The molecule has 5 nitrogen and oxygen atoms in total. The van der Waals surface area contributed by atoms with Crippen LogP contribution in [0.2, 0.25) is 0 Å². The minimum Gasteiger partial charge on any atom is -0.497 e. The molecule has 0 saturated carbocycles. The number of Topliss-reactive ketones (excluding diaryl/α,β-unsaturated/α-hetero) is 1. The van der Waals surface area contributed by atoms with Gasteiger partial charge in [-0.3, -0.25) is 9.69 Å². The highest BCUT2D eigenvalue weighted by molar-refractivity contribution is 5.84. The summed E-state index contributed by atoms with van der Waals surface area (Å²) in [5.41, 5.74) is 1.29. The number of hydrogen-bond acceptors (Lipinski definition) is 4. The van der Waals surface area contributed by atoms with Gasteiger partial charge in [0, 0.05) is 31.3 Å². The van der Waals surface area contributed by atoms with Gasteiger partial charge in [-0.25, -0.2) is 0 Å². The van der Waals surface area contributed by atoms with Crippen LogP contribution in [0.1, 0.15) is 44.1 Å². The number of methoxy groups -OCH3 is 1. The van der Waals surface area contributed by atoms with Crippen molar-refractivity contribution in [3.05, 3.63) is 29.8 Å². The predicted molar refractivity (Wildman–Crippen MR) is 99.2 cm³/mol. The largest absolute Gasteiger partial charge is 0.497 e. The lowest BCUT2D eigenvalue weighted by Crippen LogP contribution is -2.60. The van der Waals surface area contributed by atoms with Gasteiger partial charge in [0.1, 0.15) is 11.5 Å². The topological polar surface area (TPSA) is 49.9 Å². The molecule has 0 radical (unpaired) electrons. The lowest BCUT2D eigenvalue weighted by Gasteiger charge is -2.51. The Bertz CT molecular complexity index is 679. The molecule has 5 rings (SSSR count). The monoisotopic (exact) mass is 356 g/mol. The maximum absolute atomic E-state index is 12.9. The third-order valence-electron chi connectivity index (χ3n) is 6.55. The van der Waals surface area contributed by atoms with Crippen molar-refractivity contribution < 1.29 is 14.3 Å². The zero-order valence-corrected chi connectivity index (χ0v) is 15.7. The number of hydrogen-bond donors (Lipinski definition) is 0. The van der Waals surface area contributed by atoms with Crippen molar-refractivity contribution in [1.82, 2.24) is 9.80 Å². The molecule has 0 N–H and O–H groups in total. The van der Waals surface area contributed by atoms with Gasteiger partial charge < -0.3 is 14.4 Å². The third-order valence-corrected chi connectivity index (χ3v) is 6.55. The first-order valence-electron chi connectivity index (χ1n) is 9.75. The summed E-state index contributed by atoms with van der Waals surface area (Å²) in [6.07, 6.45) is 3.08. The Labute approximate surface area is 155 Å². The number of carbonyl (C=O) groups is 2. The second kappa shape index (κ2) is 7.03. The molecule has 3 atom stereocenters. The number of ketones is 1. The maximum Gasteiger partial charge on any atom is 0.223 e. The van der Waals surface area contributed by atoms with Crippen LogP contribution in [0.25, 0.3) is 0 Å². The molecule has 4 saturated heterocycles. The number of fused-ring (bicyclic) bond motifs is 2. The first-order valence-corrected chi connectivity index (χ1v) is 9.75. The van der Waals surface area contributed by atoms with Crippen LogP contribution in [0.5, 0.6) is 5.75 Å². The summed E-state index contributed by atoms with van der Waals surface area (Å²) in [6, 6.07) is 9.05. The van der Waals surface area contributed by atoms with Crippen LogP contribution in [0.15, 0.2) is 24.3 Å². The van der Waals surface area contributed by atoms with Gasteiger partial charge in [-0.1, -0.05) is 12.1 Å². The van der Waals surface area contributed by atoms with Crippen LogP contribution >= 0.6 is 0 Å². The van der Waals surface area contributed by atoms with Crippen LogP contribution in [0.3, 0.4) is 0 Å². The summed E-state index contributed by atoms with van der Waals surface area (Å²) in [7, 11) is 1.68. The molecule has 1 aromatic carbocycles. The third kappa shape index (κ3) is 3.02. The number of amides is 1. The van der Waals surface area contributed by atoms with Crippen molar-refractivity contribution in [3.8, 4) is 5.75 Å². The minimum absolute atomic E-state index is 0.0923. The molecule has 4 heterocycles. The van der Waals surface area contributed by atoms with Gasteiger partial charge in [-0.05, 0) is 56.5 Å². The van der Waals surface area contributed by atoms with E-state index in [1.165, 1.54) is 18.4 Å². The average Bonchev–Trinajstić information content (AvgIpc) is 3.10. The fraction of sp³-hybridized carbons (Fsp3) is 0.619. The maximum atomic E-state index is 12.9. The van der Waals surface area contributed by atoms with Gasteiger partial charge in [0.15, 0.2) is 0 Å². The van der Waals surface area contributed by atoms with Crippen LogP contribution in [0, 0.1) is 5.92 Å². The number of piperidine rings is 3. The van der Waals surface area contributed by atoms with Gasteiger partial charge >= 0.3 is 0 Å². The molecule has 26 heavy (non-hydrogen) atoms. The molecule has 2 bridgehead atoms. The van der Waals surface area contributed by atoms with Crippen LogP contribution in [-0.2, 0) is 9.59 Å². The Balaban J connectivity index is 1.60. The van der Waals surface area contributed by atoms with E-state index >= 15 is 0 Å². The molecule has 140 valence electrons. The number of ether oxygens (including phenoxy) is 1. The Hall–Kier alpha value is -1.88. The van der Waals surface area contributed by atoms with E-state index in [9.17, 15) is 9.59 Å². The van der Waals surface area contributed by atoms with E-state index < -0.39 is 0 Å². The standard InChI is InChI=1S/C21H28N2O3/c1-14(24)3-8-19(25)23-13-18(15-4-6-17(26-2)7-5-15)21-20(23)16-9-11-22(21)12-10-16/h4-7,16,18,20-21H,3,8-13H2,1-2H3/t18-,20+,21+/m0/s1. The summed E-state index contributed by atoms with van der Waals surface area (Å²) in [6.45, 7) is 4.63. The van der Waals surface area contributed by atoms with E-state index in [1.807, 2.05) is 12.1 Å². The van der Waals surface area contributed by atoms with Gasteiger partial charge in [-0.2, -0.15) is 0 Å². The van der Waals surface area contributed by atoms with Crippen molar-refractivity contribution in [3.63, 3.8) is 0 Å². The molecule has 1 aromatic rings. The fourth-order valence-corrected chi connectivity index (χ4v) is 5.28. The molecule has 0 unspecified atom stereocenters. The quantitative estimate of drug-likeness (QED) is 0.813. The number of rotatable bonds is 5. The fourth-order valence-electron chi connectivity index (χ4n) is 5.28. The molecule has 4 aliphatic rings. The Kier molecular flexibility index (Phi) is 4.74. The predicted octanol–water partition coefficient (Wildman–Crippen LogP) is 2.45. The van der Waals surface area contributed by atoms with Gasteiger partial charge in [-0.15, -0.1) is 0 Å². The molecular weight excluding hydrogens is 328 g/mol. The zero-order chi connectivity index (χ0) is 18.3. The molecular formula is C21H28N2O3. The molecule has 0 aliphatic carbocycles. The summed E-state index contributed by atoms with van der Waals surface area (Å²) in [5, 5.41) is 0. The number of nitrogens with zero attached hydrogens (tertiary/aromatic N) is 2. The normalized spacial score (nSPS) is 32.4. The van der Waals surface area contributed by atoms with E-state index in [-0.39, 0.29) is 11.7 Å². The van der Waals surface area contributed by atoms with Crippen molar-refractivity contribution >= 4 is 11.7 Å². The molecule has 4 aliphatic heterocycles. The Morgan fingerprint density at radius 1 is 1.08 bits per heavy atom. The van der Waals surface area contributed by atoms with E-state index in [1.54, 1.807) is 14.0 Å². The average molecular weight is 356 g/mol. The SMILES string of the molecule is COc1ccc([C@@H]2CN(C(=O)CCC(C)=O)[C@@H]3C4CCN(CC4)[C@@H]32)cc1. The zero-order valence-electron chi connectivity index (χ0n) is 15.7. The van der Waals surface area contributed by atoms with E-state index in [2.05, 4.69) is 21.9 Å². The lowest BCUT2D eigenvalue weighted by atomic mass is 9.75. The number of carbonyl (C=O) groups excluding carboxylic acids is 2. The highest BCUT2D eigenvalue weighted by atomic mass is 16.5. The highest BCUT2D eigenvalue weighted by Gasteiger charge is 2.54. The molecule has 5 heteroatoms. The first kappa shape index (κ1) is 17.5. The van der Waals surface area contributed by atoms with Gasteiger partial charge in [0.05, 0.1) is 13.2 Å². The van der Waals surface area contributed by atoms with Crippen LogP contribution in [0.4, 0.5) is 0 Å². The van der Waals surface area contributed by atoms with E-state index in [0.717, 1.165) is 25.4 Å². The van der Waals surface area contributed by atoms with Gasteiger partial charge in [0.25, 0.3) is 0 Å². The summed E-state index contributed by atoms with van der Waals surface area (Å²) < 4.78 is 5.29. The highest BCUT2D eigenvalue weighted by Crippen LogP contribution is 2.46. The molecule has 0 spiro atoms. The number of benzene rings is 1. The number of likely N-dealkylation sites (tertiary alicyclic amines) is 1.